The Balaban J connectivity index is 2.25. The zero-order valence-corrected chi connectivity index (χ0v) is 11.4. The van der Waals surface area contributed by atoms with Crippen LogP contribution in [-0.2, 0) is 0 Å². The monoisotopic (exact) mass is 333 g/mol. The molecule has 0 heterocycles. The number of hydrogen-bond donors (Lipinski definition) is 1. The molecule has 0 fully saturated rings. The normalized spacial score (nSPS) is 17.2. The van der Waals surface area contributed by atoms with Gasteiger partial charge in [0.05, 0.1) is 6.04 Å². The zero-order chi connectivity index (χ0) is 11.8. The predicted molar refractivity (Wildman–Crippen MR) is 80.6 cm³/mol. The summed E-state index contributed by atoms with van der Waals surface area (Å²) in [5.41, 5.74) is 11.2. The fourth-order valence-corrected chi connectivity index (χ4v) is 2.78. The maximum Gasteiger partial charge on any atom is 0.0563 e. The van der Waals surface area contributed by atoms with Gasteiger partial charge in [-0.3, -0.25) is 0 Å². The van der Waals surface area contributed by atoms with Crippen molar-refractivity contribution in [1.82, 2.24) is 0 Å². The van der Waals surface area contributed by atoms with Gasteiger partial charge in [-0.2, -0.15) is 0 Å². The summed E-state index contributed by atoms with van der Waals surface area (Å²) >= 11 is 2.33. The van der Waals surface area contributed by atoms with E-state index in [1.807, 2.05) is 6.07 Å². The second-order valence-corrected chi connectivity index (χ2v) is 5.46. The molecule has 0 saturated carbocycles. The highest BCUT2D eigenvalue weighted by atomic mass is 127. The highest BCUT2D eigenvalue weighted by Gasteiger charge is 2.17. The zero-order valence-electron chi connectivity index (χ0n) is 9.23. The number of fused-ring (bicyclic) bond motifs is 2. The fourth-order valence-electron chi connectivity index (χ4n) is 2.26. The number of nitrogens with two attached hydrogens (primary N) is 1. The van der Waals surface area contributed by atoms with Crippen molar-refractivity contribution >= 4 is 34.7 Å². The smallest absolute Gasteiger partial charge is 0.0563 e. The maximum absolute atomic E-state index is 6.38. The number of halogens is 1. The molecule has 84 valence electrons. The molecule has 0 saturated heterocycles. The van der Waals surface area contributed by atoms with Gasteiger partial charge in [-0.05, 0) is 57.0 Å². The highest BCUT2D eigenvalue weighted by Crippen LogP contribution is 2.31. The highest BCUT2D eigenvalue weighted by molar-refractivity contribution is 14.1. The van der Waals surface area contributed by atoms with E-state index in [0.29, 0.717) is 0 Å². The van der Waals surface area contributed by atoms with Gasteiger partial charge in [0.1, 0.15) is 0 Å². The minimum Gasteiger partial charge on any atom is -0.320 e. The fraction of sp³-hybridized carbons (Fsp3) is 0.0667. The van der Waals surface area contributed by atoms with Crippen molar-refractivity contribution in [2.75, 3.05) is 0 Å². The van der Waals surface area contributed by atoms with E-state index in [-0.39, 0.29) is 6.04 Å². The molecule has 0 aromatic heterocycles. The molecule has 0 spiro atoms. The molecule has 3 rings (SSSR count). The van der Waals surface area contributed by atoms with Crippen molar-refractivity contribution in [3.8, 4) is 0 Å². The standard InChI is InChI=1S/C15H12IN/c16-12-8-7-11-6-5-10-3-1-2-4-13(10)15(17)14(11)9-12/h1-9,15H,17H2. The SMILES string of the molecule is NC1c2ccccc2C=Cc2ccc(I)cc21. The van der Waals surface area contributed by atoms with Crippen molar-refractivity contribution in [3.63, 3.8) is 0 Å². The van der Waals surface area contributed by atoms with Gasteiger partial charge in [0.25, 0.3) is 0 Å². The minimum atomic E-state index is -0.0362. The molecule has 0 bridgehead atoms. The first kappa shape index (κ1) is 11.0. The third-order valence-electron chi connectivity index (χ3n) is 3.16. The van der Waals surface area contributed by atoms with E-state index < -0.39 is 0 Å². The second kappa shape index (κ2) is 4.27. The van der Waals surface area contributed by atoms with Crippen molar-refractivity contribution in [2.45, 2.75) is 6.04 Å². The van der Waals surface area contributed by atoms with Crippen LogP contribution in [0.2, 0.25) is 0 Å². The van der Waals surface area contributed by atoms with Crippen molar-refractivity contribution < 1.29 is 0 Å². The van der Waals surface area contributed by atoms with E-state index in [4.69, 9.17) is 5.73 Å². The van der Waals surface area contributed by atoms with Crippen LogP contribution in [0.15, 0.2) is 42.5 Å². The van der Waals surface area contributed by atoms with Gasteiger partial charge >= 0.3 is 0 Å². The molecule has 1 unspecified atom stereocenters. The Kier molecular flexibility index (Phi) is 2.76. The maximum atomic E-state index is 6.38. The molecule has 2 aromatic carbocycles. The van der Waals surface area contributed by atoms with Crippen LogP contribution in [0.4, 0.5) is 0 Å². The number of benzene rings is 2. The third-order valence-corrected chi connectivity index (χ3v) is 3.83. The molecule has 17 heavy (non-hydrogen) atoms. The topological polar surface area (TPSA) is 26.0 Å². The molecule has 0 aliphatic heterocycles. The molecular weight excluding hydrogens is 321 g/mol. The van der Waals surface area contributed by atoms with E-state index >= 15 is 0 Å². The van der Waals surface area contributed by atoms with Crippen LogP contribution in [-0.4, -0.2) is 0 Å². The molecule has 0 amide bonds. The quantitative estimate of drug-likeness (QED) is 0.729. The van der Waals surface area contributed by atoms with Gasteiger partial charge in [0.15, 0.2) is 0 Å². The van der Waals surface area contributed by atoms with Crippen molar-refractivity contribution in [3.05, 3.63) is 68.3 Å². The summed E-state index contributed by atoms with van der Waals surface area (Å²) in [6.45, 7) is 0. The molecule has 2 N–H and O–H groups in total. The first-order chi connectivity index (χ1) is 8.25. The molecular formula is C15H12IN. The summed E-state index contributed by atoms with van der Waals surface area (Å²) in [5.74, 6) is 0. The summed E-state index contributed by atoms with van der Waals surface area (Å²) in [5, 5.41) is 0. The largest absolute Gasteiger partial charge is 0.320 e. The Hall–Kier alpha value is -1.13. The molecule has 2 aromatic rings. The second-order valence-electron chi connectivity index (χ2n) is 4.21. The lowest BCUT2D eigenvalue weighted by Gasteiger charge is -2.15. The lowest BCUT2D eigenvalue weighted by atomic mass is 9.95. The average Bonchev–Trinajstić information content (AvgIpc) is 2.49. The number of hydrogen-bond acceptors (Lipinski definition) is 1. The van der Waals surface area contributed by atoms with Crippen LogP contribution in [0.25, 0.3) is 12.2 Å². The summed E-state index contributed by atoms with van der Waals surface area (Å²) < 4.78 is 1.23. The lowest BCUT2D eigenvalue weighted by molar-refractivity contribution is 0.868. The van der Waals surface area contributed by atoms with Gasteiger partial charge in [-0.25, -0.2) is 0 Å². The van der Waals surface area contributed by atoms with Gasteiger partial charge in [0, 0.05) is 3.57 Å². The van der Waals surface area contributed by atoms with Gasteiger partial charge in [0.2, 0.25) is 0 Å². The summed E-state index contributed by atoms with van der Waals surface area (Å²) in [7, 11) is 0. The van der Waals surface area contributed by atoms with E-state index in [9.17, 15) is 0 Å². The average molecular weight is 333 g/mol. The van der Waals surface area contributed by atoms with Gasteiger partial charge < -0.3 is 5.73 Å². The Morgan fingerprint density at radius 2 is 1.59 bits per heavy atom. The Morgan fingerprint density at radius 3 is 2.41 bits per heavy atom. The summed E-state index contributed by atoms with van der Waals surface area (Å²) in [6.07, 6.45) is 4.30. The van der Waals surface area contributed by atoms with Gasteiger partial charge in [-0.15, -0.1) is 0 Å². The van der Waals surface area contributed by atoms with Crippen LogP contribution >= 0.6 is 22.6 Å². The Bertz CT molecular complexity index is 602. The minimum absolute atomic E-state index is 0.0362. The van der Waals surface area contributed by atoms with E-state index in [1.54, 1.807) is 0 Å². The van der Waals surface area contributed by atoms with Crippen LogP contribution in [0, 0.1) is 3.57 Å². The molecule has 1 atom stereocenters. The van der Waals surface area contributed by atoms with E-state index in [1.165, 1.54) is 25.8 Å². The Labute approximate surface area is 114 Å². The van der Waals surface area contributed by atoms with Crippen LogP contribution in [0.3, 0.4) is 0 Å². The number of rotatable bonds is 0. The first-order valence-corrected chi connectivity index (χ1v) is 6.65. The lowest BCUT2D eigenvalue weighted by Crippen LogP contribution is -2.13. The molecule has 2 heteroatoms. The van der Waals surface area contributed by atoms with Crippen LogP contribution in [0.5, 0.6) is 0 Å². The molecule has 1 aliphatic rings. The Morgan fingerprint density at radius 1 is 0.882 bits per heavy atom. The molecule has 1 aliphatic carbocycles. The van der Waals surface area contributed by atoms with Crippen molar-refractivity contribution in [1.29, 1.82) is 0 Å². The van der Waals surface area contributed by atoms with Crippen molar-refractivity contribution in [2.24, 2.45) is 5.73 Å². The molecule has 0 radical (unpaired) electrons. The predicted octanol–water partition coefficient (Wildman–Crippen LogP) is 3.82. The summed E-state index contributed by atoms with van der Waals surface area (Å²) in [6, 6.07) is 14.7. The van der Waals surface area contributed by atoms with E-state index in [0.717, 1.165) is 0 Å². The first-order valence-electron chi connectivity index (χ1n) is 5.58. The van der Waals surface area contributed by atoms with Crippen LogP contribution < -0.4 is 5.73 Å². The van der Waals surface area contributed by atoms with Gasteiger partial charge in [-0.1, -0.05) is 42.5 Å². The summed E-state index contributed by atoms with van der Waals surface area (Å²) in [4.78, 5) is 0. The molecule has 1 nitrogen and oxygen atoms in total. The third kappa shape index (κ3) is 1.91. The van der Waals surface area contributed by atoms with Crippen LogP contribution in [0.1, 0.15) is 28.3 Å². The van der Waals surface area contributed by atoms with E-state index in [2.05, 4.69) is 71.1 Å².